The lowest BCUT2D eigenvalue weighted by Crippen LogP contribution is -2.36. The monoisotopic (exact) mass is 321 g/mol. The quantitative estimate of drug-likeness (QED) is 0.840. The molecule has 0 spiro atoms. The Hall–Kier alpha value is -1.91. The van der Waals surface area contributed by atoms with E-state index >= 15 is 0 Å². The molecule has 1 unspecified atom stereocenters. The van der Waals surface area contributed by atoms with Crippen LogP contribution >= 0.6 is 0 Å². The number of benzene rings is 1. The van der Waals surface area contributed by atoms with Crippen LogP contribution < -0.4 is 5.32 Å². The van der Waals surface area contributed by atoms with Gasteiger partial charge in [-0.05, 0) is 49.3 Å². The molecule has 126 valence electrons. The van der Waals surface area contributed by atoms with Crippen LogP contribution in [0.2, 0.25) is 0 Å². The summed E-state index contributed by atoms with van der Waals surface area (Å²) < 4.78 is 13.0. The minimum absolute atomic E-state index is 0.0467. The number of carbonyl (C=O) groups excluding carboxylic acids is 1. The van der Waals surface area contributed by atoms with Crippen LogP contribution in [-0.2, 0) is 9.59 Å². The lowest BCUT2D eigenvalue weighted by atomic mass is 9.80. The van der Waals surface area contributed by atoms with E-state index in [1.807, 2.05) is 0 Å². The zero-order valence-corrected chi connectivity index (χ0v) is 13.4. The summed E-state index contributed by atoms with van der Waals surface area (Å²) >= 11 is 0. The number of aliphatic carboxylic acids is 1. The van der Waals surface area contributed by atoms with Crippen molar-refractivity contribution in [2.75, 3.05) is 0 Å². The summed E-state index contributed by atoms with van der Waals surface area (Å²) in [5.74, 6) is -0.808. The smallest absolute Gasteiger partial charge is 0.305 e. The van der Waals surface area contributed by atoms with Crippen molar-refractivity contribution < 1.29 is 19.1 Å². The maximum Gasteiger partial charge on any atom is 0.305 e. The predicted molar refractivity (Wildman–Crippen MR) is 85.3 cm³/mol. The molecule has 23 heavy (non-hydrogen) atoms. The number of hydrogen-bond acceptors (Lipinski definition) is 2. The number of amides is 1. The zero-order valence-electron chi connectivity index (χ0n) is 13.4. The average molecular weight is 321 g/mol. The van der Waals surface area contributed by atoms with Gasteiger partial charge in [0.05, 0.1) is 12.5 Å². The van der Waals surface area contributed by atoms with Crippen molar-refractivity contribution in [1.29, 1.82) is 0 Å². The highest BCUT2D eigenvalue weighted by molar-refractivity contribution is 5.80. The van der Waals surface area contributed by atoms with Gasteiger partial charge in [0.25, 0.3) is 0 Å². The second-order valence-corrected chi connectivity index (χ2v) is 6.34. The molecule has 0 aromatic heterocycles. The van der Waals surface area contributed by atoms with E-state index in [9.17, 15) is 14.0 Å². The fourth-order valence-corrected chi connectivity index (χ4v) is 3.24. The van der Waals surface area contributed by atoms with Gasteiger partial charge in [-0.25, -0.2) is 4.39 Å². The van der Waals surface area contributed by atoms with Gasteiger partial charge in [0.15, 0.2) is 0 Å². The Bertz CT molecular complexity index is 536. The van der Waals surface area contributed by atoms with Gasteiger partial charge in [0.1, 0.15) is 5.82 Å². The summed E-state index contributed by atoms with van der Waals surface area (Å²) in [5, 5.41) is 11.9. The molecule has 1 saturated carbocycles. The first-order chi connectivity index (χ1) is 11.0. The van der Waals surface area contributed by atoms with Crippen LogP contribution in [0.5, 0.6) is 0 Å². The van der Waals surface area contributed by atoms with Crippen molar-refractivity contribution in [2.45, 2.75) is 51.5 Å². The van der Waals surface area contributed by atoms with Gasteiger partial charge < -0.3 is 10.4 Å². The van der Waals surface area contributed by atoms with Gasteiger partial charge in [-0.2, -0.15) is 0 Å². The van der Waals surface area contributed by atoms with Crippen molar-refractivity contribution in [3.8, 4) is 0 Å². The van der Waals surface area contributed by atoms with Crippen molar-refractivity contribution in [3.05, 3.63) is 35.6 Å². The molecule has 2 N–H and O–H groups in total. The third-order valence-electron chi connectivity index (χ3n) is 4.76. The topological polar surface area (TPSA) is 66.4 Å². The maximum absolute atomic E-state index is 13.0. The number of carboxylic acid groups (broad SMARTS) is 1. The molecule has 1 atom stereocenters. The van der Waals surface area contributed by atoms with Gasteiger partial charge in [-0.1, -0.05) is 25.5 Å². The van der Waals surface area contributed by atoms with Crippen LogP contribution in [0, 0.1) is 17.7 Å². The van der Waals surface area contributed by atoms with E-state index in [1.54, 1.807) is 0 Å². The molecule has 1 amide bonds. The number of carboxylic acids is 1. The number of nitrogens with one attached hydrogen (secondary N) is 1. The molecule has 4 nitrogen and oxygen atoms in total. The standard InChI is InChI=1S/C18H24FNO3/c1-2-12-3-5-14(6-4-12)18(23)20-16(11-17(21)22)13-7-9-15(19)10-8-13/h7-10,12,14,16H,2-6,11H2,1H3,(H,20,23)(H,21,22). The normalized spacial score (nSPS) is 22.3. The van der Waals surface area contributed by atoms with Crippen LogP contribution in [-0.4, -0.2) is 17.0 Å². The molecule has 2 rings (SSSR count). The second-order valence-electron chi connectivity index (χ2n) is 6.34. The minimum Gasteiger partial charge on any atom is -0.481 e. The second kappa shape index (κ2) is 8.09. The summed E-state index contributed by atoms with van der Waals surface area (Å²) in [7, 11) is 0. The maximum atomic E-state index is 13.0. The van der Waals surface area contributed by atoms with Crippen LogP contribution in [0.1, 0.15) is 57.1 Å². The highest BCUT2D eigenvalue weighted by Gasteiger charge is 2.28. The fourth-order valence-electron chi connectivity index (χ4n) is 3.24. The van der Waals surface area contributed by atoms with E-state index in [1.165, 1.54) is 24.3 Å². The third kappa shape index (κ3) is 5.05. The Morgan fingerprint density at radius 1 is 1.22 bits per heavy atom. The molecule has 1 aliphatic rings. The Morgan fingerprint density at radius 2 is 1.83 bits per heavy atom. The number of halogens is 1. The predicted octanol–water partition coefficient (Wildman–Crippen LogP) is 3.67. The summed E-state index contributed by atoms with van der Waals surface area (Å²) in [5.41, 5.74) is 0.615. The van der Waals surface area contributed by atoms with Crippen LogP contribution in [0.4, 0.5) is 4.39 Å². The lowest BCUT2D eigenvalue weighted by molar-refractivity contribution is -0.138. The summed E-state index contributed by atoms with van der Waals surface area (Å²) in [4.78, 5) is 23.5. The highest BCUT2D eigenvalue weighted by Crippen LogP contribution is 2.31. The van der Waals surface area contributed by atoms with Gasteiger partial charge in [-0.15, -0.1) is 0 Å². The van der Waals surface area contributed by atoms with E-state index in [4.69, 9.17) is 5.11 Å². The van der Waals surface area contributed by atoms with Crippen molar-refractivity contribution in [1.82, 2.24) is 5.32 Å². The van der Waals surface area contributed by atoms with E-state index < -0.39 is 12.0 Å². The summed E-state index contributed by atoms with van der Waals surface area (Å²) in [6.45, 7) is 2.17. The van der Waals surface area contributed by atoms with Gasteiger partial charge in [0, 0.05) is 5.92 Å². The summed E-state index contributed by atoms with van der Waals surface area (Å²) in [6.07, 6.45) is 4.75. The first-order valence-electron chi connectivity index (χ1n) is 8.27. The fraction of sp³-hybridized carbons (Fsp3) is 0.556. The number of carbonyl (C=O) groups is 2. The molecule has 0 heterocycles. The van der Waals surface area contributed by atoms with Crippen LogP contribution in [0.25, 0.3) is 0 Å². The summed E-state index contributed by atoms with van der Waals surface area (Å²) in [6, 6.07) is 4.99. The minimum atomic E-state index is -0.991. The highest BCUT2D eigenvalue weighted by atomic mass is 19.1. The first kappa shape index (κ1) is 17.4. The Labute approximate surface area is 136 Å². The SMILES string of the molecule is CCC1CCC(C(=O)NC(CC(=O)O)c2ccc(F)cc2)CC1. The Morgan fingerprint density at radius 3 is 2.35 bits per heavy atom. The molecular weight excluding hydrogens is 297 g/mol. The molecular formula is C18H24FNO3. The van der Waals surface area contributed by atoms with Gasteiger partial charge >= 0.3 is 5.97 Å². The van der Waals surface area contributed by atoms with E-state index in [0.29, 0.717) is 11.5 Å². The lowest BCUT2D eigenvalue weighted by Gasteiger charge is -2.28. The molecule has 1 aliphatic carbocycles. The molecule has 0 aliphatic heterocycles. The molecule has 1 aromatic carbocycles. The van der Waals surface area contributed by atoms with Crippen molar-refractivity contribution in [3.63, 3.8) is 0 Å². The van der Waals surface area contributed by atoms with Crippen LogP contribution in [0.15, 0.2) is 24.3 Å². The van der Waals surface area contributed by atoms with E-state index in [-0.39, 0.29) is 24.1 Å². The van der Waals surface area contributed by atoms with Gasteiger partial charge in [0.2, 0.25) is 5.91 Å². The number of hydrogen-bond donors (Lipinski definition) is 2. The molecule has 1 aromatic rings. The third-order valence-corrected chi connectivity index (χ3v) is 4.76. The number of rotatable bonds is 6. The van der Waals surface area contributed by atoms with E-state index in [2.05, 4.69) is 12.2 Å². The zero-order chi connectivity index (χ0) is 16.8. The average Bonchev–Trinajstić information content (AvgIpc) is 2.54. The van der Waals surface area contributed by atoms with Crippen molar-refractivity contribution >= 4 is 11.9 Å². The Balaban J connectivity index is 2.01. The van der Waals surface area contributed by atoms with E-state index in [0.717, 1.165) is 32.1 Å². The molecule has 0 saturated heterocycles. The molecule has 5 heteroatoms. The molecule has 0 bridgehead atoms. The van der Waals surface area contributed by atoms with Crippen LogP contribution in [0.3, 0.4) is 0 Å². The largest absolute Gasteiger partial charge is 0.481 e. The molecule has 1 fully saturated rings. The van der Waals surface area contributed by atoms with Crippen molar-refractivity contribution in [2.24, 2.45) is 11.8 Å². The molecule has 0 radical (unpaired) electrons. The van der Waals surface area contributed by atoms with Gasteiger partial charge in [-0.3, -0.25) is 9.59 Å². The first-order valence-corrected chi connectivity index (χ1v) is 8.27. The Kier molecular flexibility index (Phi) is 6.13.